The van der Waals surface area contributed by atoms with Crippen molar-refractivity contribution in [3.8, 4) is 12.0 Å². The lowest BCUT2D eigenvalue weighted by molar-refractivity contribution is -0.130. The summed E-state index contributed by atoms with van der Waals surface area (Å²) < 4.78 is 11.3. The minimum atomic E-state index is 0.240. The lowest BCUT2D eigenvalue weighted by Crippen LogP contribution is -2.64. The molecule has 0 spiro atoms. The topological polar surface area (TPSA) is 74.2 Å². The van der Waals surface area contributed by atoms with Gasteiger partial charge in [0.15, 0.2) is 5.78 Å². The van der Waals surface area contributed by atoms with Crippen LogP contribution in [0.3, 0.4) is 0 Å². The van der Waals surface area contributed by atoms with E-state index in [1.165, 1.54) is 0 Å². The van der Waals surface area contributed by atoms with Crippen LogP contribution in [0, 0.1) is 5.92 Å². The van der Waals surface area contributed by atoms with Gasteiger partial charge in [-0.15, -0.1) is 15.0 Å². The summed E-state index contributed by atoms with van der Waals surface area (Å²) >= 11 is 0. The molecule has 7 nitrogen and oxygen atoms in total. The summed E-state index contributed by atoms with van der Waals surface area (Å²) in [6, 6.07) is 0.553. The normalized spacial score (nSPS) is 27.7. The number of ketones is 1. The van der Waals surface area contributed by atoms with Gasteiger partial charge in [-0.2, -0.15) is 0 Å². The number of piperidine rings is 3. The first kappa shape index (κ1) is 14.2. The van der Waals surface area contributed by atoms with Crippen molar-refractivity contribution in [3.05, 3.63) is 0 Å². The number of hydrogen-bond acceptors (Lipinski definition) is 6. The Hall–Kier alpha value is -1.76. The SMILES string of the molecule is CCOc1nc(OCC)nc([N+]23CCC(CC2)C(=O)C3)n1. The van der Waals surface area contributed by atoms with Gasteiger partial charge in [-0.05, 0) is 13.8 Å². The van der Waals surface area contributed by atoms with Gasteiger partial charge >= 0.3 is 18.0 Å². The largest absolute Gasteiger partial charge is 0.463 e. The van der Waals surface area contributed by atoms with Crippen LogP contribution in [0.5, 0.6) is 12.0 Å². The second-order valence-corrected chi connectivity index (χ2v) is 5.56. The van der Waals surface area contributed by atoms with Crippen LogP contribution >= 0.6 is 0 Å². The molecule has 0 atom stereocenters. The van der Waals surface area contributed by atoms with Gasteiger partial charge in [0.2, 0.25) is 0 Å². The molecule has 3 aliphatic heterocycles. The van der Waals surface area contributed by atoms with Crippen molar-refractivity contribution in [2.45, 2.75) is 26.7 Å². The molecule has 114 valence electrons. The number of fused-ring (bicyclic) bond motifs is 3. The summed E-state index contributed by atoms with van der Waals surface area (Å²) in [5.41, 5.74) is 0. The van der Waals surface area contributed by atoms with Crippen molar-refractivity contribution in [2.24, 2.45) is 5.92 Å². The predicted octanol–water partition coefficient (Wildman–Crippen LogP) is 0.969. The molecule has 7 heteroatoms. The summed E-state index contributed by atoms with van der Waals surface area (Å²) in [7, 11) is 0. The van der Waals surface area contributed by atoms with Crippen LogP contribution in [0.25, 0.3) is 0 Å². The highest BCUT2D eigenvalue weighted by Crippen LogP contribution is 2.35. The summed E-state index contributed by atoms with van der Waals surface area (Å²) in [5.74, 6) is 1.16. The second kappa shape index (κ2) is 5.55. The highest BCUT2D eigenvalue weighted by atomic mass is 16.5. The molecule has 0 radical (unpaired) electrons. The average molecular weight is 293 g/mol. The minimum absolute atomic E-state index is 0.240. The highest BCUT2D eigenvalue weighted by molar-refractivity contribution is 5.86. The third kappa shape index (κ3) is 2.57. The molecule has 0 unspecified atom stereocenters. The number of carbonyl (C=O) groups excluding carboxylic acids is 1. The molecule has 0 aliphatic carbocycles. The smallest absolute Gasteiger partial charge is 0.338 e. The third-order valence-electron chi connectivity index (χ3n) is 4.28. The van der Waals surface area contributed by atoms with Crippen molar-refractivity contribution in [2.75, 3.05) is 32.8 Å². The van der Waals surface area contributed by atoms with Crippen LogP contribution in [-0.2, 0) is 4.79 Å². The molecule has 3 aliphatic rings. The number of Topliss-reactive ketones (excluding diaryl/α,β-unsaturated/α-hetero) is 1. The van der Waals surface area contributed by atoms with Crippen molar-refractivity contribution in [1.29, 1.82) is 0 Å². The van der Waals surface area contributed by atoms with Crippen LogP contribution in [0.15, 0.2) is 0 Å². The molecule has 1 aromatic heterocycles. The van der Waals surface area contributed by atoms with Crippen molar-refractivity contribution < 1.29 is 14.3 Å². The van der Waals surface area contributed by atoms with E-state index in [-0.39, 0.29) is 17.9 Å². The highest BCUT2D eigenvalue weighted by Gasteiger charge is 2.48. The monoisotopic (exact) mass is 293 g/mol. The van der Waals surface area contributed by atoms with E-state index in [0.29, 0.717) is 36.0 Å². The first-order valence-corrected chi connectivity index (χ1v) is 7.58. The molecule has 3 saturated heterocycles. The quantitative estimate of drug-likeness (QED) is 0.753. The van der Waals surface area contributed by atoms with E-state index >= 15 is 0 Å². The van der Waals surface area contributed by atoms with E-state index in [1.54, 1.807) is 0 Å². The van der Waals surface area contributed by atoms with Crippen molar-refractivity contribution in [1.82, 2.24) is 19.4 Å². The Morgan fingerprint density at radius 1 is 1.05 bits per heavy atom. The maximum absolute atomic E-state index is 12.1. The average Bonchev–Trinajstić information content (AvgIpc) is 2.49. The van der Waals surface area contributed by atoms with Crippen LogP contribution < -0.4 is 14.0 Å². The Balaban J connectivity index is 1.97. The number of hydrogen-bond donors (Lipinski definition) is 0. The standard InChI is InChI=1S/C14H21N4O3/c1-3-20-13-15-12(16-14(17-13)21-4-2)18-7-5-10(6-8-18)11(19)9-18/h10H,3-9H2,1-2H3/q+1. The first-order chi connectivity index (χ1) is 10.2. The fraction of sp³-hybridized carbons (Fsp3) is 0.714. The number of nitrogens with zero attached hydrogens (tertiary/aromatic N) is 4. The van der Waals surface area contributed by atoms with Gasteiger partial charge in [0.05, 0.1) is 26.3 Å². The fourth-order valence-corrected chi connectivity index (χ4v) is 3.17. The van der Waals surface area contributed by atoms with E-state index in [4.69, 9.17) is 9.47 Å². The van der Waals surface area contributed by atoms with Gasteiger partial charge in [-0.3, -0.25) is 9.28 Å². The number of rotatable bonds is 5. The summed E-state index contributed by atoms with van der Waals surface area (Å²) in [6.45, 7) is 7.01. The van der Waals surface area contributed by atoms with Gasteiger partial charge in [-0.1, -0.05) is 0 Å². The summed E-state index contributed by atoms with van der Waals surface area (Å²) in [5, 5.41) is 0. The Bertz CT molecular complexity index is 517. The second-order valence-electron chi connectivity index (χ2n) is 5.56. The van der Waals surface area contributed by atoms with Gasteiger partial charge in [0, 0.05) is 18.8 Å². The Labute approximate surface area is 123 Å². The maximum Gasteiger partial charge on any atom is 0.338 e. The number of quaternary nitrogens is 1. The van der Waals surface area contributed by atoms with Crippen LogP contribution in [-0.4, -0.2) is 53.6 Å². The number of ether oxygens (including phenoxy) is 2. The van der Waals surface area contributed by atoms with E-state index in [9.17, 15) is 4.79 Å². The predicted molar refractivity (Wildman–Crippen MR) is 76.3 cm³/mol. The number of aromatic nitrogens is 3. The van der Waals surface area contributed by atoms with E-state index in [1.807, 2.05) is 13.8 Å². The minimum Gasteiger partial charge on any atom is -0.463 e. The van der Waals surface area contributed by atoms with Crippen LogP contribution in [0.2, 0.25) is 0 Å². The van der Waals surface area contributed by atoms with E-state index < -0.39 is 0 Å². The molecule has 0 amide bonds. The first-order valence-electron chi connectivity index (χ1n) is 7.58. The molecular weight excluding hydrogens is 272 g/mol. The van der Waals surface area contributed by atoms with Gasteiger partial charge in [0.1, 0.15) is 6.54 Å². The van der Waals surface area contributed by atoms with E-state index in [0.717, 1.165) is 25.9 Å². The van der Waals surface area contributed by atoms with E-state index in [2.05, 4.69) is 15.0 Å². The lowest BCUT2D eigenvalue weighted by Gasteiger charge is -2.45. The van der Waals surface area contributed by atoms with Crippen molar-refractivity contribution in [3.63, 3.8) is 0 Å². The zero-order valence-corrected chi connectivity index (χ0v) is 12.5. The molecule has 0 N–H and O–H groups in total. The third-order valence-corrected chi connectivity index (χ3v) is 4.28. The fourth-order valence-electron chi connectivity index (χ4n) is 3.17. The maximum atomic E-state index is 12.1. The molecule has 0 saturated carbocycles. The Kier molecular flexibility index (Phi) is 3.75. The Morgan fingerprint density at radius 2 is 1.62 bits per heavy atom. The van der Waals surface area contributed by atoms with Gasteiger partial charge in [-0.25, -0.2) is 0 Å². The van der Waals surface area contributed by atoms with Crippen LogP contribution in [0.4, 0.5) is 5.95 Å². The molecule has 4 heterocycles. The lowest BCUT2D eigenvalue weighted by atomic mass is 9.85. The molecular formula is C14H21N4O3+. The molecule has 0 aromatic carbocycles. The summed E-state index contributed by atoms with van der Waals surface area (Å²) in [4.78, 5) is 25.1. The zero-order chi connectivity index (χ0) is 14.9. The molecule has 21 heavy (non-hydrogen) atoms. The summed E-state index contributed by atoms with van der Waals surface area (Å²) in [6.07, 6.45) is 1.83. The molecule has 1 aromatic rings. The van der Waals surface area contributed by atoms with Crippen molar-refractivity contribution >= 4 is 11.7 Å². The molecule has 2 bridgehead atoms. The molecule has 3 fully saturated rings. The Morgan fingerprint density at radius 3 is 2.10 bits per heavy atom. The van der Waals surface area contributed by atoms with Gasteiger partial charge < -0.3 is 9.47 Å². The van der Waals surface area contributed by atoms with Crippen LogP contribution in [0.1, 0.15) is 26.7 Å². The zero-order valence-electron chi connectivity index (χ0n) is 12.5. The molecule has 4 rings (SSSR count). The number of carbonyl (C=O) groups is 1. The van der Waals surface area contributed by atoms with Gasteiger partial charge in [0.25, 0.3) is 0 Å².